The van der Waals surface area contributed by atoms with Crippen molar-refractivity contribution in [2.75, 3.05) is 26.2 Å². The van der Waals surface area contributed by atoms with E-state index < -0.39 is 17.7 Å². The van der Waals surface area contributed by atoms with E-state index in [1.54, 1.807) is 62.1 Å². The summed E-state index contributed by atoms with van der Waals surface area (Å²) in [5.74, 6) is -0.532. The molecule has 8 nitrogen and oxygen atoms in total. The van der Waals surface area contributed by atoms with Gasteiger partial charge in [0.15, 0.2) is 11.6 Å². The van der Waals surface area contributed by atoms with Crippen molar-refractivity contribution in [1.29, 1.82) is 0 Å². The predicted molar refractivity (Wildman–Crippen MR) is 126 cm³/mol. The zero-order chi connectivity index (χ0) is 24.5. The fraction of sp³-hybridized carbons (Fsp3) is 0.385. The van der Waals surface area contributed by atoms with E-state index in [0.717, 1.165) is 0 Å². The average Bonchev–Trinajstić information content (AvgIpc) is 2.81. The summed E-state index contributed by atoms with van der Waals surface area (Å²) < 4.78 is 5.21. The fourth-order valence-electron chi connectivity index (χ4n) is 4.46. The molecule has 0 radical (unpaired) electrons. The van der Waals surface area contributed by atoms with Gasteiger partial charge < -0.3 is 20.3 Å². The number of nitrogens with one attached hydrogen (secondary N) is 2. The van der Waals surface area contributed by atoms with E-state index in [1.807, 2.05) is 6.07 Å². The van der Waals surface area contributed by atoms with Gasteiger partial charge in [-0.2, -0.15) is 0 Å². The van der Waals surface area contributed by atoms with Crippen molar-refractivity contribution < 1.29 is 23.9 Å². The molecule has 2 aliphatic rings. The van der Waals surface area contributed by atoms with Crippen molar-refractivity contribution in [2.24, 2.45) is 0 Å². The number of fused-ring (bicyclic) bond motifs is 2. The molecular formula is C26H29N3O5. The Morgan fingerprint density at radius 1 is 1.03 bits per heavy atom. The summed E-state index contributed by atoms with van der Waals surface area (Å²) >= 11 is 0. The quantitative estimate of drug-likeness (QED) is 0.617. The molecule has 0 aromatic heterocycles. The Morgan fingerprint density at radius 3 is 2.41 bits per heavy atom. The van der Waals surface area contributed by atoms with E-state index in [2.05, 4.69) is 10.6 Å². The number of hydrogen-bond donors (Lipinski definition) is 2. The number of ether oxygens (including phenoxy) is 1. The van der Waals surface area contributed by atoms with E-state index in [1.165, 1.54) is 0 Å². The molecule has 0 spiro atoms. The van der Waals surface area contributed by atoms with Gasteiger partial charge in [0.1, 0.15) is 5.60 Å². The minimum absolute atomic E-state index is 0.0977. The molecule has 34 heavy (non-hydrogen) atoms. The van der Waals surface area contributed by atoms with Crippen LogP contribution in [0.3, 0.4) is 0 Å². The van der Waals surface area contributed by atoms with Crippen LogP contribution in [-0.4, -0.2) is 60.2 Å². The van der Waals surface area contributed by atoms with Crippen LogP contribution < -0.4 is 10.6 Å². The third kappa shape index (κ3) is 4.72. The number of nitrogens with zero attached hydrogens (tertiary/aromatic N) is 1. The Balaban J connectivity index is 1.56. The highest BCUT2D eigenvalue weighted by Crippen LogP contribution is 2.34. The first kappa shape index (κ1) is 23.6. The summed E-state index contributed by atoms with van der Waals surface area (Å²) in [6, 6.07) is 11.7. The molecule has 1 aliphatic carbocycles. The van der Waals surface area contributed by atoms with Gasteiger partial charge in [-0.15, -0.1) is 0 Å². The Kier molecular flexibility index (Phi) is 6.52. The lowest BCUT2D eigenvalue weighted by Crippen LogP contribution is -2.49. The van der Waals surface area contributed by atoms with Gasteiger partial charge in [-0.1, -0.05) is 42.5 Å². The Labute approximate surface area is 198 Å². The van der Waals surface area contributed by atoms with Crippen LogP contribution >= 0.6 is 0 Å². The van der Waals surface area contributed by atoms with E-state index >= 15 is 0 Å². The first-order chi connectivity index (χ1) is 16.2. The molecule has 178 valence electrons. The second kappa shape index (κ2) is 9.38. The largest absolute Gasteiger partial charge is 0.444 e. The number of hydrogen-bond acceptors (Lipinski definition) is 6. The van der Waals surface area contributed by atoms with Gasteiger partial charge in [0.05, 0.1) is 6.04 Å². The zero-order valence-corrected chi connectivity index (χ0v) is 19.6. The summed E-state index contributed by atoms with van der Waals surface area (Å²) in [5, 5.41) is 5.90. The molecule has 1 unspecified atom stereocenters. The van der Waals surface area contributed by atoms with Crippen LogP contribution in [0.2, 0.25) is 0 Å². The summed E-state index contributed by atoms with van der Waals surface area (Å²) in [4.78, 5) is 53.3. The molecule has 4 rings (SSSR count). The molecule has 1 fully saturated rings. The molecule has 0 bridgehead atoms. The van der Waals surface area contributed by atoms with Gasteiger partial charge in [-0.05, 0) is 26.3 Å². The van der Waals surface area contributed by atoms with Gasteiger partial charge in [0.25, 0.3) is 0 Å². The van der Waals surface area contributed by atoms with Gasteiger partial charge >= 0.3 is 6.09 Å². The third-order valence-electron chi connectivity index (χ3n) is 5.91. The average molecular weight is 464 g/mol. The number of piperazine rings is 1. The van der Waals surface area contributed by atoms with Gasteiger partial charge in [0.2, 0.25) is 5.91 Å². The summed E-state index contributed by atoms with van der Waals surface area (Å²) in [5.41, 5.74) is 1.56. The lowest BCUT2D eigenvalue weighted by atomic mass is 9.80. The zero-order valence-electron chi connectivity index (χ0n) is 19.6. The Morgan fingerprint density at radius 2 is 1.71 bits per heavy atom. The fourth-order valence-corrected chi connectivity index (χ4v) is 4.46. The second-order valence-corrected chi connectivity index (χ2v) is 9.46. The molecule has 2 N–H and O–H groups in total. The summed E-state index contributed by atoms with van der Waals surface area (Å²) in [6.07, 6.45) is -0.474. The molecule has 0 saturated carbocycles. The maximum atomic E-state index is 13.4. The van der Waals surface area contributed by atoms with Crippen molar-refractivity contribution in [1.82, 2.24) is 15.5 Å². The molecular weight excluding hydrogens is 434 g/mol. The van der Waals surface area contributed by atoms with Crippen LogP contribution in [0.5, 0.6) is 0 Å². The summed E-state index contributed by atoms with van der Waals surface area (Å²) in [6.45, 7) is 6.99. The van der Waals surface area contributed by atoms with E-state index in [9.17, 15) is 19.2 Å². The third-order valence-corrected chi connectivity index (χ3v) is 5.91. The minimum atomic E-state index is -0.618. The van der Waals surface area contributed by atoms with Gasteiger partial charge in [-0.3, -0.25) is 14.4 Å². The van der Waals surface area contributed by atoms with E-state index in [-0.39, 0.29) is 30.4 Å². The topological polar surface area (TPSA) is 105 Å². The second-order valence-electron chi connectivity index (χ2n) is 9.46. The highest BCUT2D eigenvalue weighted by Gasteiger charge is 2.36. The number of benzene rings is 2. The molecule has 2 aromatic rings. The highest BCUT2D eigenvalue weighted by molar-refractivity contribution is 6.28. The van der Waals surface area contributed by atoms with Crippen molar-refractivity contribution in [2.45, 2.75) is 38.8 Å². The standard InChI is InChI=1S/C26H29N3O5/c1-26(2,3)34-25(33)28-12-11-21(30)29-14-13-27-15-20(29)18-9-6-10-19-22(18)24(32)17-8-5-4-7-16(17)23(19)31/h4-10,20,27H,11-15H2,1-3H3,(H,28,33). The molecule has 1 atom stereocenters. The number of carbonyl (C=O) groups excluding carboxylic acids is 4. The van der Waals surface area contributed by atoms with Crippen molar-refractivity contribution in [3.8, 4) is 0 Å². The van der Waals surface area contributed by atoms with Crippen LogP contribution in [0.25, 0.3) is 0 Å². The number of carbonyl (C=O) groups is 4. The molecule has 1 saturated heterocycles. The van der Waals surface area contributed by atoms with E-state index in [0.29, 0.717) is 47.5 Å². The van der Waals surface area contributed by atoms with Crippen LogP contribution in [0.4, 0.5) is 4.79 Å². The van der Waals surface area contributed by atoms with Gasteiger partial charge in [0, 0.05) is 54.9 Å². The molecule has 1 heterocycles. The van der Waals surface area contributed by atoms with Crippen LogP contribution in [0, 0.1) is 0 Å². The monoisotopic (exact) mass is 463 g/mol. The number of alkyl carbamates (subject to hydrolysis) is 1. The minimum Gasteiger partial charge on any atom is -0.444 e. The summed E-state index contributed by atoms with van der Waals surface area (Å²) in [7, 11) is 0. The van der Waals surface area contributed by atoms with Gasteiger partial charge in [-0.25, -0.2) is 4.79 Å². The molecule has 2 amide bonds. The highest BCUT2D eigenvalue weighted by atomic mass is 16.6. The number of rotatable bonds is 4. The Bertz CT molecular complexity index is 1150. The maximum absolute atomic E-state index is 13.4. The number of ketones is 2. The molecule has 2 aromatic carbocycles. The van der Waals surface area contributed by atoms with Crippen molar-refractivity contribution >= 4 is 23.6 Å². The molecule has 8 heteroatoms. The Hall–Kier alpha value is -3.52. The van der Waals surface area contributed by atoms with Crippen LogP contribution in [0.15, 0.2) is 42.5 Å². The van der Waals surface area contributed by atoms with E-state index in [4.69, 9.17) is 4.74 Å². The normalized spacial score (nSPS) is 17.6. The maximum Gasteiger partial charge on any atom is 0.407 e. The first-order valence-electron chi connectivity index (χ1n) is 11.5. The SMILES string of the molecule is CC(C)(C)OC(=O)NCCC(=O)N1CCNCC1c1cccc2c1C(=O)c1ccccc1C2=O. The first-order valence-corrected chi connectivity index (χ1v) is 11.5. The number of amides is 2. The lowest BCUT2D eigenvalue weighted by Gasteiger charge is -2.38. The smallest absolute Gasteiger partial charge is 0.407 e. The lowest BCUT2D eigenvalue weighted by molar-refractivity contribution is -0.134. The predicted octanol–water partition coefficient (Wildman–Crippen LogP) is 2.85. The molecule has 1 aliphatic heterocycles. The van der Waals surface area contributed by atoms with Crippen LogP contribution in [0.1, 0.15) is 70.6 Å². The van der Waals surface area contributed by atoms with Crippen molar-refractivity contribution in [3.05, 3.63) is 70.3 Å². The van der Waals surface area contributed by atoms with Crippen LogP contribution in [-0.2, 0) is 9.53 Å². The van der Waals surface area contributed by atoms with Crippen molar-refractivity contribution in [3.63, 3.8) is 0 Å².